The number of aryl methyl sites for hydroxylation is 1. The highest BCUT2D eigenvalue weighted by atomic mass is 32.1. The Morgan fingerprint density at radius 3 is 2.59 bits per heavy atom. The Morgan fingerprint density at radius 1 is 1.18 bits per heavy atom. The summed E-state index contributed by atoms with van der Waals surface area (Å²) in [5, 5.41) is 4.72. The summed E-state index contributed by atoms with van der Waals surface area (Å²) >= 11 is 1.41. The van der Waals surface area contributed by atoms with Crippen molar-refractivity contribution in [2.45, 2.75) is 20.4 Å². The van der Waals surface area contributed by atoms with Crippen molar-refractivity contribution in [3.63, 3.8) is 0 Å². The second-order valence-corrected chi connectivity index (χ2v) is 6.05. The molecule has 5 heteroatoms. The lowest BCUT2D eigenvalue weighted by Gasteiger charge is -2.22. The highest BCUT2D eigenvalue weighted by Gasteiger charge is 2.12. The molecule has 0 spiro atoms. The van der Waals surface area contributed by atoms with Gasteiger partial charge in [-0.25, -0.2) is 0 Å². The summed E-state index contributed by atoms with van der Waals surface area (Å²) in [4.78, 5) is 26.1. The van der Waals surface area contributed by atoms with Gasteiger partial charge >= 0.3 is 0 Å². The largest absolute Gasteiger partial charge is 0.350 e. The van der Waals surface area contributed by atoms with E-state index in [0.717, 1.165) is 11.1 Å². The number of hydrogen-bond acceptors (Lipinski definition) is 3. The minimum absolute atomic E-state index is 0.00799. The fourth-order valence-corrected chi connectivity index (χ4v) is 2.78. The van der Waals surface area contributed by atoms with Gasteiger partial charge in [0.05, 0.1) is 4.88 Å². The highest BCUT2D eigenvalue weighted by molar-refractivity contribution is 7.12. The normalized spacial score (nSPS) is 10.3. The van der Waals surface area contributed by atoms with E-state index < -0.39 is 0 Å². The summed E-state index contributed by atoms with van der Waals surface area (Å²) < 4.78 is 0. The van der Waals surface area contributed by atoms with Gasteiger partial charge in [0, 0.05) is 26.6 Å². The van der Waals surface area contributed by atoms with Crippen LogP contribution in [0.3, 0.4) is 0 Å². The third-order valence-corrected chi connectivity index (χ3v) is 4.35. The van der Waals surface area contributed by atoms with Crippen molar-refractivity contribution in [2.75, 3.05) is 13.1 Å². The minimum Gasteiger partial charge on any atom is -0.350 e. The SMILES string of the molecule is CC(=O)N(CCNC(=O)c1cccs1)Cc1ccccc1C. The van der Waals surface area contributed by atoms with Gasteiger partial charge in [0.1, 0.15) is 0 Å². The number of carbonyl (C=O) groups is 2. The first kappa shape index (κ1) is 16.2. The third-order valence-electron chi connectivity index (χ3n) is 3.48. The Bertz CT molecular complexity index is 638. The van der Waals surface area contributed by atoms with Gasteiger partial charge in [-0.3, -0.25) is 9.59 Å². The Kier molecular flexibility index (Phi) is 5.72. The van der Waals surface area contributed by atoms with Crippen molar-refractivity contribution in [3.05, 3.63) is 57.8 Å². The number of nitrogens with zero attached hydrogens (tertiary/aromatic N) is 1. The van der Waals surface area contributed by atoms with E-state index in [0.29, 0.717) is 24.5 Å². The molecule has 1 aromatic carbocycles. The molecule has 0 saturated heterocycles. The molecular weight excluding hydrogens is 296 g/mol. The molecule has 0 aliphatic rings. The van der Waals surface area contributed by atoms with Crippen LogP contribution in [-0.2, 0) is 11.3 Å². The summed E-state index contributed by atoms with van der Waals surface area (Å²) in [6, 6.07) is 11.6. The van der Waals surface area contributed by atoms with E-state index in [-0.39, 0.29) is 11.8 Å². The maximum Gasteiger partial charge on any atom is 0.261 e. The first-order valence-electron chi connectivity index (χ1n) is 7.19. The molecule has 1 N–H and O–H groups in total. The molecule has 0 aliphatic heterocycles. The number of benzene rings is 1. The van der Waals surface area contributed by atoms with Crippen molar-refractivity contribution >= 4 is 23.2 Å². The predicted molar refractivity (Wildman–Crippen MR) is 88.9 cm³/mol. The summed E-state index contributed by atoms with van der Waals surface area (Å²) in [6.07, 6.45) is 0. The lowest BCUT2D eigenvalue weighted by molar-refractivity contribution is -0.129. The van der Waals surface area contributed by atoms with E-state index in [1.807, 2.05) is 42.6 Å². The average Bonchev–Trinajstić information content (AvgIpc) is 3.02. The molecule has 0 aliphatic carbocycles. The van der Waals surface area contributed by atoms with Crippen LogP contribution in [0.2, 0.25) is 0 Å². The fraction of sp³-hybridized carbons (Fsp3) is 0.294. The maximum absolute atomic E-state index is 11.9. The molecule has 2 aromatic rings. The Balaban J connectivity index is 1.88. The minimum atomic E-state index is -0.0885. The van der Waals surface area contributed by atoms with E-state index in [1.165, 1.54) is 11.3 Å². The molecule has 0 unspecified atom stereocenters. The van der Waals surface area contributed by atoms with Gasteiger partial charge < -0.3 is 10.2 Å². The van der Waals surface area contributed by atoms with Gasteiger partial charge in [-0.1, -0.05) is 30.3 Å². The average molecular weight is 316 g/mol. The first-order chi connectivity index (χ1) is 10.6. The molecule has 0 radical (unpaired) electrons. The monoisotopic (exact) mass is 316 g/mol. The van der Waals surface area contributed by atoms with Crippen LogP contribution in [0, 0.1) is 6.92 Å². The molecular formula is C17H20N2O2S. The number of rotatable bonds is 6. The Hall–Kier alpha value is -2.14. The van der Waals surface area contributed by atoms with Crippen LogP contribution < -0.4 is 5.32 Å². The van der Waals surface area contributed by atoms with E-state index in [2.05, 4.69) is 5.32 Å². The van der Waals surface area contributed by atoms with E-state index in [9.17, 15) is 9.59 Å². The number of amides is 2. The fourth-order valence-electron chi connectivity index (χ4n) is 2.14. The zero-order valence-corrected chi connectivity index (χ0v) is 13.7. The van der Waals surface area contributed by atoms with Gasteiger partial charge in [0.25, 0.3) is 5.91 Å². The summed E-state index contributed by atoms with van der Waals surface area (Å²) in [6.45, 7) is 5.10. The van der Waals surface area contributed by atoms with Crippen LogP contribution >= 0.6 is 11.3 Å². The van der Waals surface area contributed by atoms with Crippen LogP contribution in [0.1, 0.15) is 27.7 Å². The zero-order chi connectivity index (χ0) is 15.9. The van der Waals surface area contributed by atoms with Gasteiger partial charge in [0.2, 0.25) is 5.91 Å². The second-order valence-electron chi connectivity index (χ2n) is 5.10. The summed E-state index contributed by atoms with van der Waals surface area (Å²) in [7, 11) is 0. The summed E-state index contributed by atoms with van der Waals surface area (Å²) in [5.41, 5.74) is 2.29. The molecule has 4 nitrogen and oxygen atoms in total. The predicted octanol–water partition coefficient (Wildman–Crippen LogP) is 2.84. The molecule has 0 bridgehead atoms. The number of hydrogen-bond donors (Lipinski definition) is 1. The van der Waals surface area contributed by atoms with Gasteiger partial charge in [-0.15, -0.1) is 11.3 Å². The molecule has 2 rings (SSSR count). The third kappa shape index (κ3) is 4.43. The molecule has 1 aromatic heterocycles. The molecule has 116 valence electrons. The number of carbonyl (C=O) groups excluding carboxylic acids is 2. The smallest absolute Gasteiger partial charge is 0.261 e. The van der Waals surface area contributed by atoms with Crippen molar-refractivity contribution in [2.24, 2.45) is 0 Å². The van der Waals surface area contributed by atoms with Crippen molar-refractivity contribution in [3.8, 4) is 0 Å². The molecule has 2 amide bonds. The Labute approximate surface area is 134 Å². The molecule has 1 heterocycles. The van der Waals surface area contributed by atoms with E-state index >= 15 is 0 Å². The van der Waals surface area contributed by atoms with Crippen molar-refractivity contribution in [1.82, 2.24) is 10.2 Å². The molecule has 0 fully saturated rings. The number of thiophene rings is 1. The van der Waals surface area contributed by atoms with Gasteiger partial charge in [0.15, 0.2) is 0 Å². The number of nitrogens with one attached hydrogen (secondary N) is 1. The van der Waals surface area contributed by atoms with E-state index in [1.54, 1.807) is 17.9 Å². The van der Waals surface area contributed by atoms with Crippen LogP contribution in [0.5, 0.6) is 0 Å². The van der Waals surface area contributed by atoms with Crippen LogP contribution in [-0.4, -0.2) is 29.8 Å². The van der Waals surface area contributed by atoms with Gasteiger partial charge in [-0.05, 0) is 29.5 Å². The molecule has 22 heavy (non-hydrogen) atoms. The van der Waals surface area contributed by atoms with E-state index in [4.69, 9.17) is 0 Å². The molecule has 0 saturated carbocycles. The van der Waals surface area contributed by atoms with Crippen molar-refractivity contribution < 1.29 is 9.59 Å². The zero-order valence-electron chi connectivity index (χ0n) is 12.8. The Morgan fingerprint density at radius 2 is 1.95 bits per heavy atom. The van der Waals surface area contributed by atoms with Crippen LogP contribution in [0.15, 0.2) is 41.8 Å². The van der Waals surface area contributed by atoms with Crippen LogP contribution in [0.25, 0.3) is 0 Å². The topological polar surface area (TPSA) is 49.4 Å². The summed E-state index contributed by atoms with van der Waals surface area (Å²) in [5.74, 6) is -0.0805. The van der Waals surface area contributed by atoms with Gasteiger partial charge in [-0.2, -0.15) is 0 Å². The standard InChI is InChI=1S/C17H20N2O2S/c1-13-6-3-4-7-15(13)12-19(14(2)20)10-9-18-17(21)16-8-5-11-22-16/h3-8,11H,9-10,12H2,1-2H3,(H,18,21). The maximum atomic E-state index is 11.9. The van der Waals surface area contributed by atoms with Crippen molar-refractivity contribution in [1.29, 1.82) is 0 Å². The second kappa shape index (κ2) is 7.75. The highest BCUT2D eigenvalue weighted by Crippen LogP contribution is 2.11. The lowest BCUT2D eigenvalue weighted by atomic mass is 10.1. The quantitative estimate of drug-likeness (QED) is 0.891. The lowest BCUT2D eigenvalue weighted by Crippen LogP contribution is -2.37. The first-order valence-corrected chi connectivity index (χ1v) is 8.07. The molecule has 0 atom stereocenters. The van der Waals surface area contributed by atoms with Crippen LogP contribution in [0.4, 0.5) is 0 Å².